The van der Waals surface area contributed by atoms with E-state index in [0.717, 1.165) is 24.8 Å². The zero-order valence-electron chi connectivity index (χ0n) is 14.9. The summed E-state index contributed by atoms with van der Waals surface area (Å²) in [6, 6.07) is 16.0. The number of hydrogen-bond donors (Lipinski definition) is 1. The van der Waals surface area contributed by atoms with Gasteiger partial charge in [0, 0.05) is 18.7 Å². The van der Waals surface area contributed by atoms with Gasteiger partial charge < -0.3 is 5.32 Å². The highest BCUT2D eigenvalue weighted by Crippen LogP contribution is 2.22. The molecule has 1 amide bonds. The number of hydrogen-bond acceptors (Lipinski definition) is 3. The van der Waals surface area contributed by atoms with E-state index in [0.29, 0.717) is 18.7 Å². The van der Waals surface area contributed by atoms with Crippen LogP contribution < -0.4 is 5.32 Å². The fourth-order valence-corrected chi connectivity index (χ4v) is 4.79. The first-order valence-electron chi connectivity index (χ1n) is 8.98. The molecule has 26 heavy (non-hydrogen) atoms. The molecule has 1 N–H and O–H groups in total. The number of carbonyl (C=O) groups is 1. The number of amides is 1. The van der Waals surface area contributed by atoms with Gasteiger partial charge in [0.15, 0.2) is 0 Å². The lowest BCUT2D eigenvalue weighted by molar-refractivity contribution is 0.0935. The largest absolute Gasteiger partial charge is 0.345 e. The molecule has 0 radical (unpaired) electrons. The number of nitrogens with zero attached hydrogens (tertiary/aromatic N) is 1. The van der Waals surface area contributed by atoms with Crippen molar-refractivity contribution in [1.29, 1.82) is 0 Å². The molecule has 0 saturated carbocycles. The summed E-state index contributed by atoms with van der Waals surface area (Å²) in [6.07, 6.45) is 2.52. The Bertz CT molecular complexity index is 860. The number of sulfonamides is 1. The van der Waals surface area contributed by atoms with Crippen LogP contribution in [-0.2, 0) is 10.0 Å². The van der Waals surface area contributed by atoms with E-state index in [4.69, 9.17) is 0 Å². The van der Waals surface area contributed by atoms with E-state index in [1.807, 2.05) is 37.3 Å². The van der Waals surface area contributed by atoms with Gasteiger partial charge in [-0.25, -0.2) is 8.42 Å². The highest BCUT2D eigenvalue weighted by atomic mass is 32.2. The predicted octanol–water partition coefficient (Wildman–Crippen LogP) is 3.35. The van der Waals surface area contributed by atoms with E-state index in [1.54, 1.807) is 18.2 Å². The number of benzene rings is 2. The van der Waals surface area contributed by atoms with Crippen LogP contribution in [0.1, 0.15) is 48.1 Å². The molecular weight excluding hydrogens is 348 g/mol. The van der Waals surface area contributed by atoms with Gasteiger partial charge in [-0.05, 0) is 43.0 Å². The highest BCUT2D eigenvalue weighted by molar-refractivity contribution is 7.89. The van der Waals surface area contributed by atoms with Crippen molar-refractivity contribution in [3.8, 4) is 0 Å². The molecule has 2 aromatic carbocycles. The molecule has 5 nitrogen and oxygen atoms in total. The van der Waals surface area contributed by atoms with E-state index in [2.05, 4.69) is 5.32 Å². The Morgan fingerprint density at radius 2 is 1.77 bits per heavy atom. The van der Waals surface area contributed by atoms with Gasteiger partial charge in [0.05, 0.1) is 10.9 Å². The van der Waals surface area contributed by atoms with Gasteiger partial charge in [-0.15, -0.1) is 0 Å². The summed E-state index contributed by atoms with van der Waals surface area (Å²) in [5, 5.41) is 3.00. The predicted molar refractivity (Wildman–Crippen MR) is 101 cm³/mol. The summed E-state index contributed by atoms with van der Waals surface area (Å²) in [6.45, 7) is 3.10. The van der Waals surface area contributed by atoms with Crippen LogP contribution in [0.3, 0.4) is 0 Å². The first-order chi connectivity index (χ1) is 12.5. The quantitative estimate of drug-likeness (QED) is 0.846. The summed E-state index contributed by atoms with van der Waals surface area (Å²) in [5.41, 5.74) is 1.39. The molecule has 2 aromatic rings. The average Bonchev–Trinajstić information content (AvgIpc) is 3.22. The van der Waals surface area contributed by atoms with Crippen LogP contribution in [0.25, 0.3) is 0 Å². The highest BCUT2D eigenvalue weighted by Gasteiger charge is 2.27. The molecule has 1 heterocycles. The molecule has 6 heteroatoms. The molecule has 1 unspecified atom stereocenters. The average molecular weight is 372 g/mol. The lowest BCUT2D eigenvalue weighted by Gasteiger charge is -2.18. The van der Waals surface area contributed by atoms with Crippen LogP contribution in [0.15, 0.2) is 59.5 Å². The normalized spacial score (nSPS) is 16.3. The maximum atomic E-state index is 12.7. The van der Waals surface area contributed by atoms with Crippen molar-refractivity contribution in [1.82, 2.24) is 9.62 Å². The zero-order valence-corrected chi connectivity index (χ0v) is 15.7. The Labute approximate surface area is 155 Å². The topological polar surface area (TPSA) is 66.5 Å². The molecule has 1 aliphatic heterocycles. The van der Waals surface area contributed by atoms with Crippen molar-refractivity contribution in [2.45, 2.75) is 37.1 Å². The summed E-state index contributed by atoms with van der Waals surface area (Å²) in [7, 11) is -3.53. The van der Waals surface area contributed by atoms with E-state index >= 15 is 0 Å². The second-order valence-electron chi connectivity index (χ2n) is 6.48. The Morgan fingerprint density at radius 3 is 2.42 bits per heavy atom. The summed E-state index contributed by atoms with van der Waals surface area (Å²) in [5.74, 6) is -0.265. The maximum absolute atomic E-state index is 12.7. The monoisotopic (exact) mass is 372 g/mol. The molecule has 0 spiro atoms. The third-order valence-corrected chi connectivity index (χ3v) is 6.61. The van der Waals surface area contributed by atoms with Crippen molar-refractivity contribution in [3.63, 3.8) is 0 Å². The zero-order chi connectivity index (χ0) is 18.6. The molecule has 0 aromatic heterocycles. The lowest BCUT2D eigenvalue weighted by atomic mass is 10.0. The minimum absolute atomic E-state index is 0.109. The number of rotatable bonds is 6. The smallest absolute Gasteiger partial charge is 0.251 e. The number of carbonyl (C=O) groups excluding carboxylic acids is 1. The van der Waals surface area contributed by atoms with Crippen LogP contribution in [0.2, 0.25) is 0 Å². The Hall–Kier alpha value is -2.18. The summed E-state index contributed by atoms with van der Waals surface area (Å²) in [4.78, 5) is 12.8. The molecule has 0 bridgehead atoms. The van der Waals surface area contributed by atoms with Gasteiger partial charge in [0.25, 0.3) is 5.91 Å². The first kappa shape index (κ1) is 18.6. The molecule has 1 saturated heterocycles. The Morgan fingerprint density at radius 1 is 1.08 bits per heavy atom. The van der Waals surface area contributed by atoms with Crippen molar-refractivity contribution in [2.24, 2.45) is 0 Å². The fraction of sp³-hybridized carbons (Fsp3) is 0.350. The van der Waals surface area contributed by atoms with Crippen molar-refractivity contribution in [2.75, 3.05) is 13.1 Å². The summed E-state index contributed by atoms with van der Waals surface area (Å²) >= 11 is 0. The van der Waals surface area contributed by atoms with Gasteiger partial charge in [0.2, 0.25) is 10.0 Å². The van der Waals surface area contributed by atoms with E-state index < -0.39 is 10.0 Å². The Kier molecular flexibility index (Phi) is 5.74. The van der Waals surface area contributed by atoms with Crippen molar-refractivity contribution >= 4 is 15.9 Å². The van der Waals surface area contributed by atoms with Gasteiger partial charge in [0.1, 0.15) is 0 Å². The van der Waals surface area contributed by atoms with E-state index in [-0.39, 0.29) is 16.8 Å². The molecule has 138 valence electrons. The first-order valence-corrected chi connectivity index (χ1v) is 10.4. The maximum Gasteiger partial charge on any atom is 0.251 e. The van der Waals surface area contributed by atoms with Gasteiger partial charge in [-0.1, -0.05) is 43.3 Å². The second kappa shape index (κ2) is 8.01. The molecular formula is C20H24N2O3S. The van der Waals surface area contributed by atoms with Crippen molar-refractivity contribution < 1.29 is 13.2 Å². The number of nitrogens with one attached hydrogen (secondary N) is 1. The molecule has 1 aliphatic rings. The van der Waals surface area contributed by atoms with E-state index in [1.165, 1.54) is 10.4 Å². The minimum Gasteiger partial charge on any atom is -0.345 e. The van der Waals surface area contributed by atoms with Crippen LogP contribution in [0, 0.1) is 0 Å². The van der Waals surface area contributed by atoms with E-state index in [9.17, 15) is 13.2 Å². The SMILES string of the molecule is CCC(NC(=O)c1cccc(S(=O)(=O)N2CCCC2)c1)c1ccccc1. The molecule has 3 rings (SSSR count). The van der Waals surface area contributed by atoms with Crippen LogP contribution in [-0.4, -0.2) is 31.7 Å². The third kappa shape index (κ3) is 3.97. The van der Waals surface area contributed by atoms with Crippen LogP contribution in [0.4, 0.5) is 0 Å². The molecule has 0 aliphatic carbocycles. The molecule has 1 atom stereocenters. The Balaban J connectivity index is 1.80. The lowest BCUT2D eigenvalue weighted by Crippen LogP contribution is -2.30. The van der Waals surface area contributed by atoms with Crippen LogP contribution in [0.5, 0.6) is 0 Å². The van der Waals surface area contributed by atoms with Crippen molar-refractivity contribution in [3.05, 3.63) is 65.7 Å². The minimum atomic E-state index is -3.53. The fourth-order valence-electron chi connectivity index (χ4n) is 3.22. The second-order valence-corrected chi connectivity index (χ2v) is 8.42. The van der Waals surface area contributed by atoms with Crippen LogP contribution >= 0.6 is 0 Å². The third-order valence-electron chi connectivity index (χ3n) is 4.71. The van der Waals surface area contributed by atoms with Gasteiger partial charge >= 0.3 is 0 Å². The standard InChI is InChI=1S/C20H24N2O3S/c1-2-19(16-9-4-3-5-10-16)21-20(23)17-11-8-12-18(15-17)26(24,25)22-13-6-7-14-22/h3-5,8-12,15,19H,2,6-7,13-14H2,1H3,(H,21,23). The van der Waals surface area contributed by atoms with Gasteiger partial charge in [-0.2, -0.15) is 4.31 Å². The summed E-state index contributed by atoms with van der Waals surface area (Å²) < 4.78 is 26.9. The van der Waals surface area contributed by atoms with Gasteiger partial charge in [-0.3, -0.25) is 4.79 Å². The molecule has 1 fully saturated rings.